The van der Waals surface area contributed by atoms with Gasteiger partial charge in [-0.2, -0.15) is 0 Å². The van der Waals surface area contributed by atoms with Crippen LogP contribution in [0.4, 0.5) is 23.2 Å². The quantitative estimate of drug-likeness (QED) is 0.369. The maximum Gasteiger partial charge on any atom is 0.283 e. The van der Waals surface area contributed by atoms with Crippen molar-refractivity contribution in [2.24, 2.45) is 0 Å². The summed E-state index contributed by atoms with van der Waals surface area (Å²) in [5, 5.41) is 13.5. The third kappa shape index (κ3) is 4.84. The molecule has 5 nitrogen and oxygen atoms in total. The van der Waals surface area contributed by atoms with Gasteiger partial charge in [-0.1, -0.05) is 24.3 Å². The number of anilines is 1. The highest BCUT2D eigenvalue weighted by atomic mass is 19.3. The Morgan fingerprint density at radius 1 is 1.14 bits per heavy atom. The Labute approximate surface area is 208 Å². The fourth-order valence-corrected chi connectivity index (χ4v) is 5.59. The molecular formula is C27H32F4N4O. The van der Waals surface area contributed by atoms with E-state index in [1.807, 2.05) is 37.3 Å². The summed E-state index contributed by atoms with van der Waals surface area (Å²) < 4.78 is 55.8. The third-order valence-corrected chi connectivity index (χ3v) is 7.40. The molecule has 1 saturated heterocycles. The molecule has 5 rings (SSSR count). The third-order valence-electron chi connectivity index (χ3n) is 7.40. The Kier molecular flexibility index (Phi) is 6.98. The molecule has 2 aliphatic heterocycles. The fraction of sp³-hybridized carbons (Fsp3) is 0.481. The molecule has 2 atom stereocenters. The minimum Gasteiger partial charge on any atom is -0.390 e. The predicted octanol–water partition coefficient (Wildman–Crippen LogP) is 4.73. The average Bonchev–Trinajstić information content (AvgIpc) is 3.20. The minimum absolute atomic E-state index is 0.245. The Hall–Kier alpha value is -2.62. The summed E-state index contributed by atoms with van der Waals surface area (Å²) >= 11 is 0. The highest BCUT2D eigenvalue weighted by molar-refractivity contribution is 5.86. The second-order valence-corrected chi connectivity index (χ2v) is 10.1. The molecule has 2 aromatic carbocycles. The van der Waals surface area contributed by atoms with Crippen molar-refractivity contribution in [3.63, 3.8) is 0 Å². The maximum absolute atomic E-state index is 14.6. The van der Waals surface area contributed by atoms with E-state index in [1.165, 1.54) is 6.07 Å². The Balaban J connectivity index is 1.44. The Morgan fingerprint density at radius 2 is 1.89 bits per heavy atom. The number of alkyl halides is 3. The van der Waals surface area contributed by atoms with Gasteiger partial charge in [0.05, 0.1) is 30.8 Å². The molecular weight excluding hydrogens is 472 g/mol. The number of hydrogen-bond donors (Lipinski definition) is 3. The first-order chi connectivity index (χ1) is 17.3. The van der Waals surface area contributed by atoms with Crippen LogP contribution in [0.15, 0.2) is 42.5 Å². The first-order valence-electron chi connectivity index (χ1n) is 12.5. The van der Waals surface area contributed by atoms with E-state index in [2.05, 4.69) is 15.2 Å². The van der Waals surface area contributed by atoms with E-state index in [0.717, 1.165) is 41.8 Å². The number of nitrogens with one attached hydrogen (secondary N) is 2. The van der Waals surface area contributed by atoms with Crippen molar-refractivity contribution in [2.45, 2.75) is 43.8 Å². The van der Waals surface area contributed by atoms with Crippen LogP contribution in [0.2, 0.25) is 0 Å². The van der Waals surface area contributed by atoms with E-state index in [9.17, 15) is 22.7 Å². The van der Waals surface area contributed by atoms with Crippen molar-refractivity contribution in [3.8, 4) is 0 Å². The Morgan fingerprint density at radius 3 is 2.58 bits per heavy atom. The zero-order valence-corrected chi connectivity index (χ0v) is 20.3. The highest BCUT2D eigenvalue weighted by Gasteiger charge is 2.41. The van der Waals surface area contributed by atoms with Gasteiger partial charge in [-0.05, 0) is 49.1 Å². The molecule has 0 saturated carbocycles. The zero-order valence-electron chi connectivity index (χ0n) is 20.3. The van der Waals surface area contributed by atoms with Crippen LogP contribution in [0.5, 0.6) is 0 Å². The number of benzene rings is 2. The van der Waals surface area contributed by atoms with Crippen LogP contribution >= 0.6 is 0 Å². The number of aromatic amines is 1. The summed E-state index contributed by atoms with van der Waals surface area (Å²) in [6.45, 7) is 2.22. The Bertz CT molecular complexity index is 1190. The lowest BCUT2D eigenvalue weighted by atomic mass is 9.88. The number of H-pyrrole nitrogens is 1. The topological polar surface area (TPSA) is 54.5 Å². The number of hydrogen-bond acceptors (Lipinski definition) is 4. The van der Waals surface area contributed by atoms with Crippen molar-refractivity contribution in [2.75, 3.05) is 44.8 Å². The van der Waals surface area contributed by atoms with Crippen molar-refractivity contribution >= 4 is 16.6 Å². The number of halogens is 4. The zero-order chi connectivity index (χ0) is 25.4. The monoisotopic (exact) mass is 504 g/mol. The standard InChI is InChI=1S/C27H32F4N4O/c1-17-12-22-21-4-2-5-23(29)24(21)33-25(22)26(35(17)15-27(30,31)16-36)18-6-8-19(9-7-18)32-20-13-34(14-20)11-3-10-28/h2,4-9,17,20,26,32-33,36H,3,10-16H2,1H3. The molecule has 194 valence electrons. The van der Waals surface area contributed by atoms with E-state index >= 15 is 0 Å². The number of fused-ring (bicyclic) bond motifs is 3. The van der Waals surface area contributed by atoms with Crippen LogP contribution in [-0.2, 0) is 6.42 Å². The van der Waals surface area contributed by atoms with Gasteiger partial charge in [-0.3, -0.25) is 14.2 Å². The van der Waals surface area contributed by atoms with Crippen molar-refractivity contribution in [1.29, 1.82) is 0 Å². The summed E-state index contributed by atoms with van der Waals surface area (Å²) in [6, 6.07) is 12.1. The number of para-hydroxylation sites is 1. The van der Waals surface area contributed by atoms with E-state index in [1.54, 1.807) is 11.0 Å². The second-order valence-electron chi connectivity index (χ2n) is 10.1. The van der Waals surface area contributed by atoms with Crippen molar-refractivity contribution < 1.29 is 22.7 Å². The van der Waals surface area contributed by atoms with Gasteiger partial charge in [0.15, 0.2) is 0 Å². The van der Waals surface area contributed by atoms with E-state index in [-0.39, 0.29) is 24.6 Å². The number of likely N-dealkylation sites (tertiary alicyclic amines) is 1. The van der Waals surface area contributed by atoms with Gasteiger partial charge in [-0.25, -0.2) is 13.2 Å². The SMILES string of the molecule is CC1Cc2c([nH]c3c(F)cccc23)C(c2ccc(NC3CN(CCCF)C3)cc2)N1CC(F)(F)CO. The van der Waals surface area contributed by atoms with Crippen LogP contribution in [0.1, 0.15) is 36.2 Å². The van der Waals surface area contributed by atoms with E-state index in [0.29, 0.717) is 24.1 Å². The van der Waals surface area contributed by atoms with Gasteiger partial charge in [-0.15, -0.1) is 0 Å². The molecule has 3 heterocycles. The normalized spacial score (nSPS) is 21.5. The minimum atomic E-state index is -3.26. The molecule has 1 fully saturated rings. The largest absolute Gasteiger partial charge is 0.390 e. The van der Waals surface area contributed by atoms with E-state index < -0.39 is 25.1 Å². The first kappa shape index (κ1) is 25.0. The maximum atomic E-state index is 14.6. The molecule has 2 aliphatic rings. The molecule has 0 radical (unpaired) electrons. The van der Waals surface area contributed by atoms with Crippen LogP contribution in [0, 0.1) is 5.82 Å². The van der Waals surface area contributed by atoms with Gasteiger partial charge in [0.2, 0.25) is 0 Å². The molecule has 0 bridgehead atoms. The number of aliphatic hydroxyl groups excluding tert-OH is 1. The summed E-state index contributed by atoms with van der Waals surface area (Å²) in [5.74, 6) is -3.64. The predicted molar refractivity (Wildman–Crippen MR) is 133 cm³/mol. The smallest absolute Gasteiger partial charge is 0.283 e. The number of nitrogens with zero attached hydrogens (tertiary/aromatic N) is 2. The van der Waals surface area contributed by atoms with Crippen molar-refractivity contribution in [1.82, 2.24) is 14.8 Å². The summed E-state index contributed by atoms with van der Waals surface area (Å²) in [4.78, 5) is 7.10. The lowest BCUT2D eigenvalue weighted by molar-refractivity contribution is -0.0864. The van der Waals surface area contributed by atoms with Gasteiger partial charge in [0.25, 0.3) is 5.92 Å². The summed E-state index contributed by atoms with van der Waals surface area (Å²) in [7, 11) is 0. The van der Waals surface area contributed by atoms with E-state index in [4.69, 9.17) is 0 Å². The molecule has 1 aromatic heterocycles. The second kappa shape index (κ2) is 10.0. The molecule has 0 aliphatic carbocycles. The molecule has 9 heteroatoms. The fourth-order valence-electron chi connectivity index (χ4n) is 5.59. The van der Waals surface area contributed by atoms with Crippen LogP contribution in [0.25, 0.3) is 10.9 Å². The summed E-state index contributed by atoms with van der Waals surface area (Å²) in [6.07, 6.45) is 1.05. The molecule has 36 heavy (non-hydrogen) atoms. The molecule has 2 unspecified atom stereocenters. The number of aliphatic hydroxyl groups is 1. The lowest BCUT2D eigenvalue weighted by Crippen LogP contribution is -2.54. The average molecular weight is 505 g/mol. The molecule has 3 aromatic rings. The number of aromatic nitrogens is 1. The van der Waals surface area contributed by atoms with Crippen LogP contribution in [0.3, 0.4) is 0 Å². The van der Waals surface area contributed by atoms with Gasteiger partial charge >= 0.3 is 0 Å². The molecule has 0 amide bonds. The van der Waals surface area contributed by atoms with Crippen LogP contribution < -0.4 is 5.32 Å². The van der Waals surface area contributed by atoms with Crippen molar-refractivity contribution in [3.05, 3.63) is 65.1 Å². The molecule has 0 spiro atoms. The van der Waals surface area contributed by atoms with Gasteiger partial charge in [0, 0.05) is 42.4 Å². The summed E-state index contributed by atoms with van der Waals surface area (Å²) in [5.41, 5.74) is 3.77. The van der Waals surface area contributed by atoms with Gasteiger partial charge in [0.1, 0.15) is 12.4 Å². The number of rotatable bonds is 9. The lowest BCUT2D eigenvalue weighted by Gasteiger charge is -2.42. The van der Waals surface area contributed by atoms with Gasteiger partial charge < -0.3 is 15.4 Å². The first-order valence-corrected chi connectivity index (χ1v) is 12.5. The van der Waals surface area contributed by atoms with Crippen LogP contribution in [-0.4, -0.2) is 77.4 Å². The molecule has 3 N–H and O–H groups in total. The highest BCUT2D eigenvalue weighted by Crippen LogP contribution is 2.42.